The predicted molar refractivity (Wildman–Crippen MR) is 112 cm³/mol. The molecule has 0 radical (unpaired) electrons. The zero-order chi connectivity index (χ0) is 23.9. The normalized spacial score (nSPS) is 12.8. The van der Waals surface area contributed by atoms with E-state index < -0.39 is 43.4 Å². The molecule has 1 N–H and O–H groups in total. The Labute approximate surface area is 185 Å². The topological polar surface area (TPSA) is 78.5 Å². The number of nitrogens with one attached hydrogen (secondary N) is 1. The van der Waals surface area contributed by atoms with Gasteiger partial charge in [-0.05, 0) is 53.6 Å². The van der Waals surface area contributed by atoms with Crippen molar-refractivity contribution in [1.29, 1.82) is 0 Å². The number of aliphatic carboxylic acids is 1. The van der Waals surface area contributed by atoms with Gasteiger partial charge in [0.1, 0.15) is 12.4 Å². The van der Waals surface area contributed by atoms with E-state index in [-0.39, 0.29) is 17.6 Å². The molecular formula is C24H27F3NO4-. The molecule has 1 amide bonds. The van der Waals surface area contributed by atoms with Gasteiger partial charge in [-0.2, -0.15) is 13.2 Å². The van der Waals surface area contributed by atoms with E-state index in [0.29, 0.717) is 5.75 Å². The second kappa shape index (κ2) is 10.5. The monoisotopic (exact) mass is 450 g/mol. The van der Waals surface area contributed by atoms with E-state index in [1.54, 1.807) is 12.1 Å². The molecule has 174 valence electrons. The highest BCUT2D eigenvalue weighted by molar-refractivity contribution is 5.94. The Hall–Kier alpha value is -3.03. The molecule has 0 aliphatic heterocycles. The van der Waals surface area contributed by atoms with Gasteiger partial charge in [0.05, 0.1) is 5.92 Å². The first-order chi connectivity index (χ1) is 14.9. The van der Waals surface area contributed by atoms with E-state index in [1.807, 2.05) is 24.3 Å². The number of hydrogen-bond donors (Lipinski definition) is 1. The van der Waals surface area contributed by atoms with Gasteiger partial charge in [-0.15, -0.1) is 0 Å². The summed E-state index contributed by atoms with van der Waals surface area (Å²) >= 11 is 0. The van der Waals surface area contributed by atoms with Gasteiger partial charge in [0, 0.05) is 18.1 Å². The maximum absolute atomic E-state index is 13.0. The zero-order valence-corrected chi connectivity index (χ0v) is 18.3. The third-order valence-corrected chi connectivity index (χ3v) is 5.01. The molecule has 2 rings (SSSR count). The number of carbonyl (C=O) groups excluding carboxylic acids is 2. The highest BCUT2D eigenvalue weighted by Crippen LogP contribution is 2.29. The Morgan fingerprint density at radius 2 is 1.59 bits per heavy atom. The lowest BCUT2D eigenvalue weighted by molar-refractivity contribution is -0.306. The molecule has 0 saturated heterocycles. The lowest BCUT2D eigenvalue weighted by Gasteiger charge is -2.21. The molecule has 8 heteroatoms. The van der Waals surface area contributed by atoms with E-state index in [0.717, 1.165) is 5.56 Å². The van der Waals surface area contributed by atoms with Gasteiger partial charge in [0.25, 0.3) is 5.91 Å². The molecular weight excluding hydrogens is 423 g/mol. The minimum atomic E-state index is -4.62. The number of carboxylic acid groups (broad SMARTS) is 1. The van der Waals surface area contributed by atoms with Crippen molar-refractivity contribution in [3.05, 3.63) is 65.2 Å². The molecule has 2 aromatic carbocycles. The minimum Gasteiger partial charge on any atom is -0.550 e. The lowest BCUT2D eigenvalue weighted by Crippen LogP contribution is -2.37. The van der Waals surface area contributed by atoms with Crippen LogP contribution in [0.3, 0.4) is 0 Å². The zero-order valence-electron chi connectivity index (χ0n) is 18.3. The summed E-state index contributed by atoms with van der Waals surface area (Å²) in [7, 11) is 0. The number of halogens is 3. The SMILES string of the molecule is CC(C)(C)c1ccc(OCc2ccc(C(=O)NC[C@@H](CCC(=O)[O-])C(F)(F)F)cc2)cc1. The fourth-order valence-electron chi connectivity index (χ4n) is 2.96. The van der Waals surface area contributed by atoms with E-state index >= 15 is 0 Å². The largest absolute Gasteiger partial charge is 0.550 e. The van der Waals surface area contributed by atoms with Crippen molar-refractivity contribution in [3.63, 3.8) is 0 Å². The number of ether oxygens (including phenoxy) is 1. The van der Waals surface area contributed by atoms with Crippen LogP contribution in [0, 0.1) is 5.92 Å². The van der Waals surface area contributed by atoms with E-state index in [2.05, 4.69) is 26.1 Å². The fourth-order valence-corrected chi connectivity index (χ4v) is 2.96. The number of carbonyl (C=O) groups is 2. The summed E-state index contributed by atoms with van der Waals surface area (Å²) in [5.74, 6) is -3.48. The molecule has 5 nitrogen and oxygen atoms in total. The maximum Gasteiger partial charge on any atom is 0.393 e. The van der Waals surface area contributed by atoms with E-state index in [1.165, 1.54) is 17.7 Å². The minimum absolute atomic E-state index is 0.0442. The molecule has 0 aliphatic rings. The van der Waals surface area contributed by atoms with Gasteiger partial charge in [-0.1, -0.05) is 45.0 Å². The molecule has 32 heavy (non-hydrogen) atoms. The summed E-state index contributed by atoms with van der Waals surface area (Å²) in [6.45, 7) is 5.94. The number of benzene rings is 2. The quantitative estimate of drug-likeness (QED) is 0.626. The van der Waals surface area contributed by atoms with Crippen LogP contribution in [0.5, 0.6) is 5.75 Å². The summed E-state index contributed by atoms with van der Waals surface area (Å²) in [5, 5.41) is 12.7. The summed E-state index contributed by atoms with van der Waals surface area (Å²) in [6, 6.07) is 14.1. The second-order valence-electron chi connectivity index (χ2n) is 8.62. The lowest BCUT2D eigenvalue weighted by atomic mass is 9.87. The van der Waals surface area contributed by atoms with Crippen LogP contribution in [0.15, 0.2) is 48.5 Å². The summed E-state index contributed by atoms with van der Waals surface area (Å²) in [6.07, 6.45) is -6.00. The highest BCUT2D eigenvalue weighted by atomic mass is 19.4. The van der Waals surface area contributed by atoms with Gasteiger partial charge < -0.3 is 20.0 Å². The molecule has 0 unspecified atom stereocenters. The molecule has 0 fully saturated rings. The van der Waals surface area contributed by atoms with Crippen LogP contribution < -0.4 is 15.2 Å². The summed E-state index contributed by atoms with van der Waals surface area (Å²) in [4.78, 5) is 22.6. The van der Waals surface area contributed by atoms with Crippen LogP contribution in [0.4, 0.5) is 13.2 Å². The summed E-state index contributed by atoms with van der Waals surface area (Å²) in [5.41, 5.74) is 2.22. The van der Waals surface area contributed by atoms with Crippen LogP contribution in [0.1, 0.15) is 55.1 Å². The number of alkyl halides is 3. The molecule has 0 spiro atoms. The first-order valence-corrected chi connectivity index (χ1v) is 10.2. The smallest absolute Gasteiger partial charge is 0.393 e. The standard InChI is InChI=1S/C24H28F3NO4/c1-23(2,3)18-8-11-20(12-9-18)32-15-16-4-6-17(7-5-16)22(31)28-14-19(24(25,26)27)10-13-21(29)30/h4-9,11-12,19H,10,13-15H2,1-3H3,(H,28,31)(H,29,30)/p-1/t19-/m1/s1. The van der Waals surface area contributed by atoms with Crippen LogP contribution in [0.2, 0.25) is 0 Å². The second-order valence-corrected chi connectivity index (χ2v) is 8.62. The van der Waals surface area contributed by atoms with Crippen LogP contribution in [-0.4, -0.2) is 24.6 Å². The number of amides is 1. The Kier molecular flexibility index (Phi) is 8.30. The predicted octanol–water partition coefficient (Wildman–Crippen LogP) is 4.00. The van der Waals surface area contributed by atoms with Gasteiger partial charge >= 0.3 is 6.18 Å². The number of carboxylic acids is 1. The molecule has 1 atom stereocenters. The van der Waals surface area contributed by atoms with Crippen molar-refractivity contribution in [3.8, 4) is 5.75 Å². The first-order valence-electron chi connectivity index (χ1n) is 10.2. The number of rotatable bonds is 9. The van der Waals surface area contributed by atoms with E-state index in [9.17, 15) is 27.9 Å². The summed E-state index contributed by atoms with van der Waals surface area (Å²) < 4.78 is 44.8. The van der Waals surface area contributed by atoms with Gasteiger partial charge in [0.15, 0.2) is 0 Å². The maximum atomic E-state index is 13.0. The van der Waals surface area contributed by atoms with Gasteiger partial charge in [0.2, 0.25) is 0 Å². The van der Waals surface area contributed by atoms with Crippen molar-refractivity contribution in [2.75, 3.05) is 6.54 Å². The Bertz CT molecular complexity index is 901. The van der Waals surface area contributed by atoms with Crippen LogP contribution in [0.25, 0.3) is 0 Å². The van der Waals surface area contributed by atoms with Crippen molar-refractivity contribution in [2.24, 2.45) is 5.92 Å². The Balaban J connectivity index is 1.89. The van der Waals surface area contributed by atoms with Gasteiger partial charge in [-0.3, -0.25) is 4.79 Å². The van der Waals surface area contributed by atoms with Crippen molar-refractivity contribution in [1.82, 2.24) is 5.32 Å². The average Bonchev–Trinajstić information content (AvgIpc) is 2.71. The molecule has 0 bridgehead atoms. The molecule has 0 saturated carbocycles. The molecule has 0 aliphatic carbocycles. The van der Waals surface area contributed by atoms with Gasteiger partial charge in [-0.25, -0.2) is 0 Å². The molecule has 0 aromatic heterocycles. The van der Waals surface area contributed by atoms with E-state index in [4.69, 9.17) is 4.74 Å². The van der Waals surface area contributed by atoms with Crippen LogP contribution >= 0.6 is 0 Å². The first kappa shape index (κ1) is 25.2. The van der Waals surface area contributed by atoms with Crippen molar-refractivity contribution >= 4 is 11.9 Å². The molecule has 0 heterocycles. The fraction of sp³-hybridized carbons (Fsp3) is 0.417. The average molecular weight is 450 g/mol. The Morgan fingerprint density at radius 3 is 2.09 bits per heavy atom. The van der Waals surface area contributed by atoms with Crippen molar-refractivity contribution in [2.45, 2.75) is 51.8 Å². The third-order valence-electron chi connectivity index (χ3n) is 5.01. The Morgan fingerprint density at radius 1 is 1.00 bits per heavy atom. The number of hydrogen-bond acceptors (Lipinski definition) is 4. The van der Waals surface area contributed by atoms with Crippen LogP contribution in [-0.2, 0) is 16.8 Å². The molecule has 2 aromatic rings. The van der Waals surface area contributed by atoms with Crippen molar-refractivity contribution < 1.29 is 32.6 Å². The highest BCUT2D eigenvalue weighted by Gasteiger charge is 2.39. The third kappa shape index (κ3) is 7.90.